The lowest BCUT2D eigenvalue weighted by molar-refractivity contribution is -0.129. The standard InChI is InChI=1S/C31H50N6O3.4BrH/c38-30(16-6-7-17-31(39)37-40)36-25-11-23-34-21-9-19-32-18-8-20-33-22-10-24-35-26-28-14-4-5-15-29(28)27-12-2-1-3-13-27;;;;/h1-5,12-15,32-35,40H,6-11,16-26H2,(H,36,38)(H,37,39);4*1H. The molecule has 0 aromatic heterocycles. The van der Waals surface area contributed by atoms with Crippen LogP contribution in [0.1, 0.15) is 56.9 Å². The van der Waals surface area contributed by atoms with Crippen LogP contribution in [0.2, 0.25) is 0 Å². The average molecular weight is 878 g/mol. The van der Waals surface area contributed by atoms with Crippen LogP contribution in [0.3, 0.4) is 0 Å². The van der Waals surface area contributed by atoms with Gasteiger partial charge in [0.15, 0.2) is 0 Å². The summed E-state index contributed by atoms with van der Waals surface area (Å²) in [5.41, 5.74) is 5.50. The highest BCUT2D eigenvalue weighted by Crippen LogP contribution is 2.23. The van der Waals surface area contributed by atoms with Crippen molar-refractivity contribution < 1.29 is 14.8 Å². The molecule has 0 spiro atoms. The lowest BCUT2D eigenvalue weighted by Crippen LogP contribution is -2.29. The van der Waals surface area contributed by atoms with Crippen molar-refractivity contribution in [3.63, 3.8) is 0 Å². The third-order valence-corrected chi connectivity index (χ3v) is 6.57. The second-order valence-corrected chi connectivity index (χ2v) is 9.96. The number of benzene rings is 2. The number of hydrogen-bond acceptors (Lipinski definition) is 7. The molecule has 0 aliphatic rings. The zero-order chi connectivity index (χ0) is 28.5. The van der Waals surface area contributed by atoms with E-state index in [0.29, 0.717) is 25.8 Å². The number of hydroxylamine groups is 1. The molecule has 0 aliphatic carbocycles. The highest BCUT2D eigenvalue weighted by molar-refractivity contribution is 8.93. The van der Waals surface area contributed by atoms with Crippen molar-refractivity contribution in [2.24, 2.45) is 0 Å². The van der Waals surface area contributed by atoms with E-state index in [-0.39, 0.29) is 80.3 Å². The van der Waals surface area contributed by atoms with Gasteiger partial charge in [0, 0.05) is 25.9 Å². The molecule has 0 atom stereocenters. The SMILES string of the molecule is Br.Br.Br.Br.O=C(CCCCC(=O)NCCCNCCCNCCCNCCCNCc1ccccc1-c1ccccc1)NO. The summed E-state index contributed by atoms with van der Waals surface area (Å²) in [7, 11) is 0. The van der Waals surface area contributed by atoms with Crippen LogP contribution >= 0.6 is 67.9 Å². The maximum Gasteiger partial charge on any atom is 0.243 e. The van der Waals surface area contributed by atoms with Crippen molar-refractivity contribution in [1.82, 2.24) is 32.1 Å². The fraction of sp³-hybridized carbons (Fsp3) is 0.548. The van der Waals surface area contributed by atoms with Gasteiger partial charge in [0.1, 0.15) is 0 Å². The Morgan fingerprint density at radius 1 is 0.523 bits per heavy atom. The van der Waals surface area contributed by atoms with Gasteiger partial charge in [-0.3, -0.25) is 14.8 Å². The Bertz CT molecular complexity index is 948. The molecule has 0 fully saturated rings. The Balaban J connectivity index is -0.00000420. The number of unbranched alkanes of at least 4 members (excludes halogenated alkanes) is 1. The summed E-state index contributed by atoms with van der Waals surface area (Å²) < 4.78 is 0. The monoisotopic (exact) mass is 874 g/mol. The van der Waals surface area contributed by atoms with Crippen LogP contribution in [0.5, 0.6) is 0 Å². The molecule has 0 saturated carbocycles. The van der Waals surface area contributed by atoms with Crippen molar-refractivity contribution in [3.05, 3.63) is 60.2 Å². The summed E-state index contributed by atoms with van der Waals surface area (Å²) in [6.45, 7) is 8.49. The minimum Gasteiger partial charge on any atom is -0.356 e. The molecule has 7 N–H and O–H groups in total. The Kier molecular flexibility index (Phi) is 36.1. The van der Waals surface area contributed by atoms with Crippen LogP contribution in [0.4, 0.5) is 0 Å². The number of nitrogens with one attached hydrogen (secondary N) is 6. The van der Waals surface area contributed by atoms with E-state index in [4.69, 9.17) is 5.21 Å². The fourth-order valence-electron chi connectivity index (χ4n) is 4.34. The van der Waals surface area contributed by atoms with Gasteiger partial charge in [0.2, 0.25) is 11.8 Å². The molecule has 0 heterocycles. The molecule has 2 aromatic rings. The summed E-state index contributed by atoms with van der Waals surface area (Å²) in [6, 6.07) is 19.2. The van der Waals surface area contributed by atoms with E-state index in [9.17, 15) is 9.59 Å². The first-order valence-corrected chi connectivity index (χ1v) is 14.9. The lowest BCUT2D eigenvalue weighted by Gasteiger charge is -2.11. The minimum absolute atomic E-state index is 0. The van der Waals surface area contributed by atoms with E-state index in [0.717, 1.165) is 78.0 Å². The van der Waals surface area contributed by atoms with Crippen molar-refractivity contribution >= 4 is 79.7 Å². The van der Waals surface area contributed by atoms with E-state index in [2.05, 4.69) is 81.2 Å². The molecule has 2 amide bonds. The normalized spacial score (nSPS) is 9.93. The van der Waals surface area contributed by atoms with Gasteiger partial charge < -0.3 is 26.6 Å². The molecule has 0 unspecified atom stereocenters. The number of carbonyl (C=O) groups is 2. The molecule has 9 nitrogen and oxygen atoms in total. The summed E-state index contributed by atoms with van der Waals surface area (Å²) in [6.07, 6.45) is 6.11. The molecule has 2 rings (SSSR count). The van der Waals surface area contributed by atoms with Crippen molar-refractivity contribution in [3.8, 4) is 11.1 Å². The molecule has 0 bridgehead atoms. The molecule has 0 radical (unpaired) electrons. The molecule has 0 saturated heterocycles. The van der Waals surface area contributed by atoms with Crippen LogP contribution in [0.25, 0.3) is 11.1 Å². The van der Waals surface area contributed by atoms with Gasteiger partial charge in [-0.05, 0) is 101 Å². The van der Waals surface area contributed by atoms with Gasteiger partial charge in [-0.25, -0.2) is 5.48 Å². The zero-order valence-corrected chi connectivity index (χ0v) is 32.5. The van der Waals surface area contributed by atoms with Crippen LogP contribution in [-0.4, -0.2) is 69.4 Å². The Hall–Kier alpha value is -0.900. The van der Waals surface area contributed by atoms with E-state index < -0.39 is 5.91 Å². The predicted octanol–water partition coefficient (Wildman–Crippen LogP) is 5.27. The van der Waals surface area contributed by atoms with Gasteiger partial charge >= 0.3 is 0 Å². The van der Waals surface area contributed by atoms with Gasteiger partial charge in [-0.2, -0.15) is 0 Å². The smallest absolute Gasteiger partial charge is 0.243 e. The molecule has 2 aromatic carbocycles. The van der Waals surface area contributed by atoms with Crippen molar-refractivity contribution in [2.75, 3.05) is 52.4 Å². The highest BCUT2D eigenvalue weighted by atomic mass is 79.9. The number of carbonyl (C=O) groups excluding carboxylic acids is 2. The quantitative estimate of drug-likeness (QED) is 0.0436. The summed E-state index contributed by atoms with van der Waals surface area (Å²) in [4.78, 5) is 22.6. The van der Waals surface area contributed by atoms with E-state index >= 15 is 0 Å². The Morgan fingerprint density at radius 3 is 1.52 bits per heavy atom. The Morgan fingerprint density at radius 2 is 0.977 bits per heavy atom. The predicted molar refractivity (Wildman–Crippen MR) is 203 cm³/mol. The Labute approximate surface area is 306 Å². The second-order valence-electron chi connectivity index (χ2n) is 9.96. The lowest BCUT2D eigenvalue weighted by atomic mass is 10.00. The molecule has 13 heteroatoms. The molecular weight excluding hydrogens is 824 g/mol. The van der Waals surface area contributed by atoms with E-state index in [1.807, 2.05) is 0 Å². The fourth-order valence-corrected chi connectivity index (χ4v) is 4.34. The summed E-state index contributed by atoms with van der Waals surface area (Å²) >= 11 is 0. The number of rotatable bonds is 24. The topological polar surface area (TPSA) is 127 Å². The second kappa shape index (κ2) is 33.5. The summed E-state index contributed by atoms with van der Waals surface area (Å²) in [5.74, 6) is -0.397. The van der Waals surface area contributed by atoms with Crippen molar-refractivity contribution in [2.45, 2.75) is 57.9 Å². The van der Waals surface area contributed by atoms with Crippen LogP contribution < -0.4 is 32.1 Å². The number of amides is 2. The minimum atomic E-state index is -0.411. The maximum atomic E-state index is 11.7. The van der Waals surface area contributed by atoms with Gasteiger partial charge in [-0.15, -0.1) is 67.9 Å². The first-order valence-electron chi connectivity index (χ1n) is 14.9. The number of halogens is 4. The molecular formula is C31H54Br4N6O3. The highest BCUT2D eigenvalue weighted by Gasteiger charge is 2.04. The van der Waals surface area contributed by atoms with Crippen LogP contribution in [0.15, 0.2) is 54.6 Å². The third kappa shape index (κ3) is 24.3. The van der Waals surface area contributed by atoms with Gasteiger partial charge in [0.05, 0.1) is 0 Å². The summed E-state index contributed by atoms with van der Waals surface area (Å²) in [5, 5.41) is 25.3. The van der Waals surface area contributed by atoms with Crippen molar-refractivity contribution in [1.29, 1.82) is 0 Å². The zero-order valence-electron chi connectivity index (χ0n) is 25.6. The molecule has 254 valence electrons. The molecule has 0 aliphatic heterocycles. The third-order valence-electron chi connectivity index (χ3n) is 6.57. The van der Waals surface area contributed by atoms with Crippen LogP contribution in [0, 0.1) is 0 Å². The largest absolute Gasteiger partial charge is 0.356 e. The van der Waals surface area contributed by atoms with E-state index in [1.165, 1.54) is 16.7 Å². The van der Waals surface area contributed by atoms with Gasteiger partial charge in [-0.1, -0.05) is 54.6 Å². The first-order chi connectivity index (χ1) is 19.7. The van der Waals surface area contributed by atoms with E-state index in [1.54, 1.807) is 5.48 Å². The number of hydrogen-bond donors (Lipinski definition) is 7. The molecule has 44 heavy (non-hydrogen) atoms. The van der Waals surface area contributed by atoms with Crippen LogP contribution in [-0.2, 0) is 16.1 Å². The van der Waals surface area contributed by atoms with Gasteiger partial charge in [0.25, 0.3) is 0 Å². The maximum absolute atomic E-state index is 11.7. The average Bonchev–Trinajstić information content (AvgIpc) is 2.99. The first kappa shape index (κ1) is 47.5.